The monoisotopic (exact) mass is 460 g/mol. The first-order chi connectivity index (χ1) is 16.2. The van der Waals surface area contributed by atoms with Crippen LogP contribution in [-0.2, 0) is 0 Å². The number of nitrogens with zero attached hydrogens (tertiary/aromatic N) is 4. The van der Waals surface area contributed by atoms with E-state index in [4.69, 9.17) is 21.6 Å². The highest BCUT2D eigenvalue weighted by Crippen LogP contribution is 2.34. The van der Waals surface area contributed by atoms with Gasteiger partial charge in [0.05, 0.1) is 21.4 Å². The number of rotatable bonds is 4. The molecule has 1 fully saturated rings. The summed E-state index contributed by atoms with van der Waals surface area (Å²) in [5.74, 6) is 2.47. The Hall–Kier alpha value is -3.72. The van der Waals surface area contributed by atoms with E-state index >= 15 is 0 Å². The van der Waals surface area contributed by atoms with Gasteiger partial charge in [0.15, 0.2) is 11.6 Å². The summed E-state index contributed by atoms with van der Waals surface area (Å²) in [5, 5.41) is 18.0. The topological polar surface area (TPSA) is 128 Å². The van der Waals surface area contributed by atoms with E-state index in [0.29, 0.717) is 39.1 Å². The molecule has 166 valence electrons. The van der Waals surface area contributed by atoms with Crippen LogP contribution in [-0.4, -0.2) is 35.3 Å². The Morgan fingerprint density at radius 1 is 0.939 bits per heavy atom. The zero-order valence-corrected chi connectivity index (χ0v) is 18.4. The van der Waals surface area contributed by atoms with E-state index in [-0.39, 0.29) is 11.5 Å². The van der Waals surface area contributed by atoms with Crippen LogP contribution in [0.5, 0.6) is 0 Å². The zero-order chi connectivity index (χ0) is 22.4. The van der Waals surface area contributed by atoms with Crippen molar-refractivity contribution in [2.75, 3.05) is 5.32 Å². The van der Waals surface area contributed by atoms with E-state index in [9.17, 15) is 4.79 Å². The van der Waals surface area contributed by atoms with Gasteiger partial charge in [-0.2, -0.15) is 15.1 Å². The van der Waals surface area contributed by atoms with Crippen molar-refractivity contribution in [3.05, 3.63) is 57.6 Å². The maximum absolute atomic E-state index is 12.2. The lowest BCUT2D eigenvalue weighted by Gasteiger charge is -2.21. The van der Waals surface area contributed by atoms with E-state index in [1.165, 1.54) is 6.42 Å². The molecule has 0 radical (unpaired) electrons. The van der Waals surface area contributed by atoms with Crippen LogP contribution in [0.25, 0.3) is 33.2 Å². The van der Waals surface area contributed by atoms with Crippen LogP contribution in [0.3, 0.4) is 0 Å². The molecule has 1 aliphatic carbocycles. The fraction of sp³-hybridized carbons (Fsp3) is 0.261. The van der Waals surface area contributed by atoms with Crippen LogP contribution < -0.4 is 10.9 Å². The van der Waals surface area contributed by atoms with Crippen LogP contribution >= 0.6 is 11.6 Å². The van der Waals surface area contributed by atoms with Crippen molar-refractivity contribution in [1.82, 2.24) is 35.3 Å². The lowest BCUT2D eigenvalue weighted by Crippen LogP contribution is -2.12. The van der Waals surface area contributed by atoms with Gasteiger partial charge in [-0.25, -0.2) is 4.98 Å². The predicted molar refractivity (Wildman–Crippen MR) is 128 cm³/mol. The minimum Gasteiger partial charge on any atom is -0.307 e. The smallest absolute Gasteiger partial charge is 0.271 e. The molecule has 1 aliphatic rings. The first kappa shape index (κ1) is 19.9. The van der Waals surface area contributed by atoms with Gasteiger partial charge in [0.1, 0.15) is 5.82 Å². The fourth-order valence-electron chi connectivity index (χ4n) is 4.50. The molecule has 5 aromatic rings. The molecule has 0 bridgehead atoms. The summed E-state index contributed by atoms with van der Waals surface area (Å²) in [4.78, 5) is 26.4. The van der Waals surface area contributed by atoms with Gasteiger partial charge in [0.2, 0.25) is 5.95 Å². The van der Waals surface area contributed by atoms with Gasteiger partial charge in [-0.05, 0) is 37.1 Å². The highest BCUT2D eigenvalue weighted by Gasteiger charge is 2.22. The van der Waals surface area contributed by atoms with E-state index in [0.717, 1.165) is 42.4 Å². The minimum atomic E-state index is -0.217. The average molecular weight is 461 g/mol. The summed E-state index contributed by atoms with van der Waals surface area (Å²) < 4.78 is 0. The predicted octanol–water partition coefficient (Wildman–Crippen LogP) is 5.03. The van der Waals surface area contributed by atoms with Crippen LogP contribution in [0.15, 0.2) is 41.2 Å². The number of aromatic amines is 3. The molecule has 4 N–H and O–H groups in total. The van der Waals surface area contributed by atoms with Gasteiger partial charge in [-0.15, -0.1) is 0 Å². The molecular formula is C23H21ClN8O. The van der Waals surface area contributed by atoms with Gasteiger partial charge in [-0.1, -0.05) is 43.0 Å². The number of anilines is 2. The van der Waals surface area contributed by atoms with Gasteiger partial charge in [0, 0.05) is 16.9 Å². The molecule has 33 heavy (non-hydrogen) atoms. The normalized spacial score (nSPS) is 14.8. The molecule has 10 heteroatoms. The third kappa shape index (κ3) is 3.64. The molecule has 0 amide bonds. The first-order valence-corrected chi connectivity index (χ1v) is 11.4. The number of aromatic nitrogens is 7. The van der Waals surface area contributed by atoms with E-state index in [1.807, 2.05) is 24.3 Å². The molecule has 0 spiro atoms. The maximum Gasteiger partial charge on any atom is 0.271 e. The zero-order valence-electron chi connectivity index (χ0n) is 17.7. The summed E-state index contributed by atoms with van der Waals surface area (Å²) >= 11 is 6.58. The van der Waals surface area contributed by atoms with E-state index < -0.39 is 0 Å². The van der Waals surface area contributed by atoms with Crippen molar-refractivity contribution in [3.8, 4) is 11.4 Å². The minimum absolute atomic E-state index is 0.217. The second-order valence-corrected chi connectivity index (χ2v) is 8.78. The lowest BCUT2D eigenvalue weighted by molar-refractivity contribution is 0.428. The van der Waals surface area contributed by atoms with Crippen molar-refractivity contribution >= 4 is 45.2 Å². The van der Waals surface area contributed by atoms with E-state index in [2.05, 4.69) is 30.7 Å². The van der Waals surface area contributed by atoms with Gasteiger partial charge < -0.3 is 5.32 Å². The second kappa shape index (κ2) is 8.00. The summed E-state index contributed by atoms with van der Waals surface area (Å²) in [7, 11) is 0. The van der Waals surface area contributed by atoms with Crippen LogP contribution in [0, 0.1) is 0 Å². The summed E-state index contributed by atoms with van der Waals surface area (Å²) in [6.45, 7) is 0. The van der Waals surface area contributed by atoms with Crippen molar-refractivity contribution in [2.45, 2.75) is 38.0 Å². The fourth-order valence-corrected chi connectivity index (χ4v) is 4.75. The number of hydrogen-bond acceptors (Lipinski definition) is 6. The van der Waals surface area contributed by atoms with Crippen molar-refractivity contribution in [1.29, 1.82) is 0 Å². The Labute approximate surface area is 193 Å². The number of hydrogen-bond donors (Lipinski definition) is 4. The number of H-pyrrole nitrogens is 3. The van der Waals surface area contributed by atoms with Gasteiger partial charge in [0.25, 0.3) is 5.56 Å². The Balaban J connectivity index is 1.48. The number of fused-ring (bicyclic) bond motifs is 2. The molecule has 6 rings (SSSR count). The highest BCUT2D eigenvalue weighted by atomic mass is 35.5. The number of para-hydroxylation sites is 1. The summed E-state index contributed by atoms with van der Waals surface area (Å²) in [6.07, 6.45) is 5.63. The standard InChI is InChI=1S/C23H21ClN8O/c24-16-11-18-15(22(33)32-30-18)10-14(16)20-25-19(12-6-2-1-3-7-12)26-23(27-20)28-21-13-8-4-5-9-17(13)29-31-21/h4-5,8-12H,1-3,6-7H2,(H2,30,32,33)(H2,25,26,27,28,29,31). The highest BCUT2D eigenvalue weighted by molar-refractivity contribution is 6.34. The number of nitrogens with one attached hydrogen (secondary N) is 4. The number of benzene rings is 2. The molecule has 0 saturated heterocycles. The second-order valence-electron chi connectivity index (χ2n) is 8.38. The molecule has 3 heterocycles. The van der Waals surface area contributed by atoms with Crippen molar-refractivity contribution < 1.29 is 0 Å². The summed E-state index contributed by atoms with van der Waals surface area (Å²) in [6, 6.07) is 11.3. The third-order valence-corrected chi connectivity index (χ3v) is 6.54. The average Bonchev–Trinajstić information content (AvgIpc) is 3.42. The molecule has 9 nitrogen and oxygen atoms in total. The Morgan fingerprint density at radius 2 is 1.79 bits per heavy atom. The quantitative estimate of drug-likeness (QED) is 0.298. The van der Waals surface area contributed by atoms with Crippen LogP contribution in [0.2, 0.25) is 5.02 Å². The molecule has 0 atom stereocenters. The molecule has 0 aliphatic heterocycles. The van der Waals surface area contributed by atoms with E-state index in [1.54, 1.807) is 12.1 Å². The molecule has 0 unspecified atom stereocenters. The molecule has 3 aromatic heterocycles. The molecule has 1 saturated carbocycles. The van der Waals surface area contributed by atoms with Gasteiger partial charge >= 0.3 is 0 Å². The Kier molecular flexibility index (Phi) is 4.83. The first-order valence-electron chi connectivity index (χ1n) is 11.0. The SMILES string of the molecule is O=c1[nH][nH]c2cc(Cl)c(-c3nc(Nc4n[nH]c5ccccc45)nc(C4CCCCC4)n3)cc12. The van der Waals surface area contributed by atoms with Crippen molar-refractivity contribution in [3.63, 3.8) is 0 Å². The molecular weight excluding hydrogens is 440 g/mol. The Bertz CT molecular complexity index is 1530. The Morgan fingerprint density at radius 3 is 2.67 bits per heavy atom. The van der Waals surface area contributed by atoms with Crippen molar-refractivity contribution in [2.24, 2.45) is 0 Å². The molecule has 2 aromatic carbocycles. The third-order valence-electron chi connectivity index (χ3n) is 6.23. The van der Waals surface area contributed by atoms with Gasteiger partial charge in [-0.3, -0.25) is 20.1 Å². The lowest BCUT2D eigenvalue weighted by atomic mass is 9.89. The number of halogens is 1. The van der Waals surface area contributed by atoms with Crippen LogP contribution in [0.1, 0.15) is 43.8 Å². The van der Waals surface area contributed by atoms with Crippen LogP contribution in [0.4, 0.5) is 11.8 Å². The maximum atomic E-state index is 12.2. The largest absolute Gasteiger partial charge is 0.307 e. The summed E-state index contributed by atoms with van der Waals surface area (Å²) in [5.41, 5.74) is 1.92.